The first-order valence-corrected chi connectivity index (χ1v) is 8.61. The van der Waals surface area contributed by atoms with Gasteiger partial charge in [-0.05, 0) is 37.6 Å². The van der Waals surface area contributed by atoms with Crippen molar-refractivity contribution in [1.82, 2.24) is 5.32 Å². The van der Waals surface area contributed by atoms with Crippen LogP contribution in [0.5, 0.6) is 0 Å². The third-order valence-corrected chi connectivity index (χ3v) is 4.34. The number of nitrogens with one attached hydrogen (secondary N) is 1. The number of nitro groups is 1. The van der Waals surface area contributed by atoms with Crippen LogP contribution < -0.4 is 5.32 Å². The second-order valence-corrected chi connectivity index (χ2v) is 6.60. The summed E-state index contributed by atoms with van der Waals surface area (Å²) >= 11 is 11.9. The number of aryl methyl sites for hydroxylation is 1. The molecule has 0 aliphatic carbocycles. The van der Waals surface area contributed by atoms with Crippen LogP contribution in [-0.2, 0) is 9.53 Å². The summed E-state index contributed by atoms with van der Waals surface area (Å²) in [6, 6.07) is 8.72. The van der Waals surface area contributed by atoms with Gasteiger partial charge in [0.1, 0.15) is 5.56 Å². The highest BCUT2D eigenvalue weighted by Crippen LogP contribution is 2.26. The molecule has 0 saturated carbocycles. The Kier molecular flexibility index (Phi) is 6.76. The fourth-order valence-corrected chi connectivity index (χ4v) is 3.06. The van der Waals surface area contributed by atoms with E-state index in [1.54, 1.807) is 25.1 Å². The van der Waals surface area contributed by atoms with E-state index < -0.39 is 29.4 Å². The zero-order valence-electron chi connectivity index (χ0n) is 14.5. The number of rotatable bonds is 6. The lowest BCUT2D eigenvalue weighted by Gasteiger charge is -2.16. The number of nitrogens with zero attached hydrogens (tertiary/aromatic N) is 1. The van der Waals surface area contributed by atoms with Gasteiger partial charge in [-0.25, -0.2) is 4.79 Å². The molecule has 1 amide bonds. The van der Waals surface area contributed by atoms with E-state index in [2.05, 4.69) is 5.32 Å². The van der Waals surface area contributed by atoms with E-state index in [1.165, 1.54) is 25.1 Å². The van der Waals surface area contributed by atoms with Gasteiger partial charge in [0.25, 0.3) is 11.6 Å². The maximum atomic E-state index is 12.1. The quantitative estimate of drug-likeness (QED) is 0.436. The van der Waals surface area contributed by atoms with Gasteiger partial charge in [0.2, 0.25) is 0 Å². The summed E-state index contributed by atoms with van der Waals surface area (Å²) in [5, 5.41) is 14.6. The summed E-state index contributed by atoms with van der Waals surface area (Å²) in [6.07, 6.45) is 0. The van der Waals surface area contributed by atoms with Crippen molar-refractivity contribution in [2.75, 3.05) is 6.61 Å². The number of para-hydroxylation sites is 1. The summed E-state index contributed by atoms with van der Waals surface area (Å²) in [5.74, 6) is -1.52. The molecule has 1 N–H and O–H groups in total. The average Bonchev–Trinajstić information content (AvgIpc) is 2.58. The first-order valence-electron chi connectivity index (χ1n) is 7.86. The number of carbonyl (C=O) groups excluding carboxylic acids is 2. The first kappa shape index (κ1) is 20.7. The average molecular weight is 411 g/mol. The number of hydrogen-bond donors (Lipinski definition) is 1. The molecule has 0 saturated heterocycles. The topological polar surface area (TPSA) is 98.5 Å². The Morgan fingerprint density at radius 3 is 2.59 bits per heavy atom. The van der Waals surface area contributed by atoms with E-state index in [-0.39, 0.29) is 11.3 Å². The molecule has 0 spiro atoms. The monoisotopic (exact) mass is 410 g/mol. The van der Waals surface area contributed by atoms with Crippen LogP contribution >= 0.6 is 23.2 Å². The predicted octanol–water partition coefficient (Wildman–Crippen LogP) is 4.24. The molecule has 9 heteroatoms. The van der Waals surface area contributed by atoms with E-state index in [4.69, 9.17) is 27.9 Å². The number of amides is 1. The van der Waals surface area contributed by atoms with Crippen LogP contribution in [0.1, 0.15) is 34.5 Å². The van der Waals surface area contributed by atoms with Crippen LogP contribution in [-0.4, -0.2) is 23.4 Å². The fraction of sp³-hybridized carbons (Fsp3) is 0.222. The van der Waals surface area contributed by atoms with Gasteiger partial charge >= 0.3 is 5.97 Å². The summed E-state index contributed by atoms with van der Waals surface area (Å²) in [4.78, 5) is 34.7. The van der Waals surface area contributed by atoms with Gasteiger partial charge < -0.3 is 10.1 Å². The maximum absolute atomic E-state index is 12.1. The molecule has 1 atom stereocenters. The summed E-state index contributed by atoms with van der Waals surface area (Å²) in [7, 11) is 0. The second kappa shape index (κ2) is 8.83. The van der Waals surface area contributed by atoms with E-state index in [0.29, 0.717) is 21.2 Å². The Labute approximate surface area is 165 Å². The number of carbonyl (C=O) groups is 2. The number of ether oxygens (including phenoxy) is 1. The summed E-state index contributed by atoms with van der Waals surface area (Å²) in [5.41, 5.74) is 0.422. The Bertz CT molecular complexity index is 901. The molecule has 0 fully saturated rings. The second-order valence-electron chi connectivity index (χ2n) is 5.76. The van der Waals surface area contributed by atoms with E-state index >= 15 is 0 Å². The number of nitro benzene ring substituents is 1. The van der Waals surface area contributed by atoms with Crippen molar-refractivity contribution in [3.8, 4) is 0 Å². The molecular formula is C18H16Cl2N2O5. The molecule has 0 radical (unpaired) electrons. The Morgan fingerprint density at radius 1 is 1.26 bits per heavy atom. The molecule has 2 aromatic rings. The molecule has 7 nitrogen and oxygen atoms in total. The smallest absolute Gasteiger partial charge is 0.345 e. The van der Waals surface area contributed by atoms with Gasteiger partial charge in [-0.1, -0.05) is 41.4 Å². The molecule has 0 bridgehead atoms. The van der Waals surface area contributed by atoms with Crippen molar-refractivity contribution in [2.24, 2.45) is 0 Å². The Balaban J connectivity index is 2.00. The van der Waals surface area contributed by atoms with Crippen molar-refractivity contribution in [3.63, 3.8) is 0 Å². The normalized spacial score (nSPS) is 11.6. The summed E-state index contributed by atoms with van der Waals surface area (Å²) < 4.78 is 4.91. The molecule has 0 unspecified atom stereocenters. The molecule has 2 aromatic carbocycles. The molecule has 0 heterocycles. The van der Waals surface area contributed by atoms with Gasteiger partial charge in [-0.15, -0.1) is 0 Å². The van der Waals surface area contributed by atoms with Crippen molar-refractivity contribution in [1.29, 1.82) is 0 Å². The van der Waals surface area contributed by atoms with E-state index in [9.17, 15) is 19.7 Å². The van der Waals surface area contributed by atoms with Crippen LogP contribution in [0.3, 0.4) is 0 Å². The standard InChI is InChI=1S/C18H16Cl2N2O5/c1-10-4-3-5-14(17(10)22(25)26)18(24)27-9-16(23)21-11(2)13-7-6-12(19)8-15(13)20/h3-8,11H,9H2,1-2H3,(H,21,23)/t11-/m1/s1. The minimum Gasteiger partial charge on any atom is -0.452 e. The van der Waals surface area contributed by atoms with Gasteiger partial charge in [0.15, 0.2) is 6.61 Å². The van der Waals surface area contributed by atoms with Crippen LogP contribution in [0.15, 0.2) is 36.4 Å². The number of halogens is 2. The van der Waals surface area contributed by atoms with Crippen molar-refractivity contribution in [2.45, 2.75) is 19.9 Å². The molecule has 0 aliphatic rings. The third-order valence-electron chi connectivity index (χ3n) is 3.78. The van der Waals surface area contributed by atoms with Gasteiger partial charge in [0, 0.05) is 15.6 Å². The molecule has 142 valence electrons. The van der Waals surface area contributed by atoms with Crippen molar-refractivity contribution in [3.05, 3.63) is 73.2 Å². The van der Waals surface area contributed by atoms with Gasteiger partial charge in [-0.2, -0.15) is 0 Å². The Hall–Kier alpha value is -2.64. The molecular weight excluding hydrogens is 395 g/mol. The summed E-state index contributed by atoms with van der Waals surface area (Å²) in [6.45, 7) is 2.64. The van der Waals surface area contributed by atoms with Crippen molar-refractivity contribution >= 4 is 40.8 Å². The van der Waals surface area contributed by atoms with Gasteiger partial charge in [0.05, 0.1) is 11.0 Å². The highest BCUT2D eigenvalue weighted by Gasteiger charge is 2.24. The lowest BCUT2D eigenvalue weighted by molar-refractivity contribution is -0.385. The van der Waals surface area contributed by atoms with Crippen molar-refractivity contribution < 1.29 is 19.2 Å². The predicted molar refractivity (Wildman–Crippen MR) is 101 cm³/mol. The number of hydrogen-bond acceptors (Lipinski definition) is 5. The number of benzene rings is 2. The fourth-order valence-electron chi connectivity index (χ4n) is 2.49. The van der Waals surface area contributed by atoms with E-state index in [0.717, 1.165) is 0 Å². The number of esters is 1. The van der Waals surface area contributed by atoms with Gasteiger partial charge in [-0.3, -0.25) is 14.9 Å². The highest BCUT2D eigenvalue weighted by molar-refractivity contribution is 6.35. The van der Waals surface area contributed by atoms with Crippen LogP contribution in [0.25, 0.3) is 0 Å². The highest BCUT2D eigenvalue weighted by atomic mass is 35.5. The lowest BCUT2D eigenvalue weighted by Crippen LogP contribution is -2.31. The maximum Gasteiger partial charge on any atom is 0.345 e. The largest absolute Gasteiger partial charge is 0.452 e. The SMILES string of the molecule is Cc1cccc(C(=O)OCC(=O)N[C@H](C)c2ccc(Cl)cc2Cl)c1[N+](=O)[O-]. The minimum atomic E-state index is -0.947. The zero-order valence-corrected chi connectivity index (χ0v) is 16.0. The Morgan fingerprint density at radius 2 is 1.96 bits per heavy atom. The van der Waals surface area contributed by atoms with E-state index in [1.807, 2.05) is 0 Å². The minimum absolute atomic E-state index is 0.207. The van der Waals surface area contributed by atoms with Crippen LogP contribution in [0, 0.1) is 17.0 Å². The molecule has 2 rings (SSSR count). The zero-order chi connectivity index (χ0) is 20.1. The van der Waals surface area contributed by atoms with Crippen LogP contribution in [0.4, 0.5) is 5.69 Å². The third kappa shape index (κ3) is 5.18. The molecule has 27 heavy (non-hydrogen) atoms. The van der Waals surface area contributed by atoms with Crippen LogP contribution in [0.2, 0.25) is 10.0 Å². The first-order chi connectivity index (χ1) is 12.7. The lowest BCUT2D eigenvalue weighted by atomic mass is 10.1. The molecule has 0 aliphatic heterocycles. The molecule has 0 aromatic heterocycles.